The molecule has 2 N–H and O–H groups in total. The summed E-state index contributed by atoms with van der Waals surface area (Å²) in [4.78, 5) is 21.0. The second kappa shape index (κ2) is 6.64. The van der Waals surface area contributed by atoms with Crippen molar-refractivity contribution < 1.29 is 9.21 Å². The van der Waals surface area contributed by atoms with E-state index in [1.807, 2.05) is 37.4 Å². The molecule has 3 aromatic heterocycles. The summed E-state index contributed by atoms with van der Waals surface area (Å²) in [6.45, 7) is 2.47. The van der Waals surface area contributed by atoms with Gasteiger partial charge < -0.3 is 14.7 Å². The van der Waals surface area contributed by atoms with Crippen LogP contribution < -0.4 is 5.32 Å². The van der Waals surface area contributed by atoms with Crippen molar-refractivity contribution >= 4 is 39.7 Å². The predicted molar refractivity (Wildman–Crippen MR) is 100 cm³/mol. The number of hydrogen-bond acceptors (Lipinski definition) is 4. The second-order valence-corrected chi connectivity index (χ2v) is 6.89. The third-order valence-electron chi connectivity index (χ3n) is 3.93. The van der Waals surface area contributed by atoms with E-state index in [-0.39, 0.29) is 5.91 Å². The SMILES string of the molecule is Cc1ccc2oc(C(=O)NCCSc3c[nH]c4ccccc34)cc2n1. The molecule has 1 aromatic carbocycles. The van der Waals surface area contributed by atoms with Crippen LogP contribution in [0.15, 0.2) is 58.0 Å². The van der Waals surface area contributed by atoms with Crippen molar-refractivity contribution in [2.45, 2.75) is 11.8 Å². The van der Waals surface area contributed by atoms with E-state index >= 15 is 0 Å². The lowest BCUT2D eigenvalue weighted by atomic mass is 10.2. The molecule has 0 unspecified atom stereocenters. The van der Waals surface area contributed by atoms with Gasteiger partial charge in [0.1, 0.15) is 5.52 Å². The van der Waals surface area contributed by atoms with Crippen molar-refractivity contribution in [2.75, 3.05) is 12.3 Å². The molecular formula is C19H17N3O2S. The van der Waals surface area contributed by atoms with Gasteiger partial charge in [-0.05, 0) is 25.1 Å². The standard InChI is InChI=1S/C19H17N3O2S/c1-12-6-7-16-15(22-12)10-17(24-16)19(23)20-8-9-25-18-11-21-14-5-3-2-4-13(14)18/h2-7,10-11,21H,8-9H2,1H3,(H,20,23). The highest BCUT2D eigenvalue weighted by atomic mass is 32.2. The minimum absolute atomic E-state index is 0.213. The lowest BCUT2D eigenvalue weighted by molar-refractivity contribution is 0.0930. The first-order valence-electron chi connectivity index (χ1n) is 8.05. The molecule has 4 aromatic rings. The van der Waals surface area contributed by atoms with E-state index in [4.69, 9.17) is 4.42 Å². The molecule has 0 saturated carbocycles. The number of H-pyrrole nitrogens is 1. The third-order valence-corrected chi connectivity index (χ3v) is 4.99. The monoisotopic (exact) mass is 351 g/mol. The Balaban J connectivity index is 1.35. The normalized spacial score (nSPS) is 11.2. The van der Waals surface area contributed by atoms with Gasteiger partial charge >= 0.3 is 0 Å². The van der Waals surface area contributed by atoms with Crippen molar-refractivity contribution in [1.82, 2.24) is 15.3 Å². The number of fused-ring (bicyclic) bond motifs is 2. The van der Waals surface area contributed by atoms with Crippen LogP contribution in [0.4, 0.5) is 0 Å². The van der Waals surface area contributed by atoms with Gasteiger partial charge in [-0.3, -0.25) is 4.79 Å². The first kappa shape index (κ1) is 15.8. The van der Waals surface area contributed by atoms with Crippen molar-refractivity contribution in [2.24, 2.45) is 0 Å². The van der Waals surface area contributed by atoms with Gasteiger partial charge in [0.2, 0.25) is 0 Å². The number of rotatable bonds is 5. The first-order chi connectivity index (χ1) is 12.2. The van der Waals surface area contributed by atoms with Crippen LogP contribution in [-0.2, 0) is 0 Å². The van der Waals surface area contributed by atoms with Crippen LogP contribution in [0.5, 0.6) is 0 Å². The zero-order valence-corrected chi connectivity index (χ0v) is 14.5. The van der Waals surface area contributed by atoms with Crippen molar-refractivity contribution in [3.05, 3.63) is 60.1 Å². The molecule has 0 aliphatic rings. The first-order valence-corrected chi connectivity index (χ1v) is 9.03. The second-order valence-electron chi connectivity index (χ2n) is 5.75. The maximum Gasteiger partial charge on any atom is 0.287 e. The van der Waals surface area contributed by atoms with Gasteiger partial charge in [-0.1, -0.05) is 18.2 Å². The van der Waals surface area contributed by atoms with Crippen LogP contribution in [0.3, 0.4) is 0 Å². The number of nitrogens with zero attached hydrogens (tertiary/aromatic N) is 1. The van der Waals surface area contributed by atoms with Crippen molar-refractivity contribution in [1.29, 1.82) is 0 Å². The summed E-state index contributed by atoms with van der Waals surface area (Å²) in [5.41, 5.74) is 3.36. The average Bonchev–Trinajstić information content (AvgIpc) is 3.22. The van der Waals surface area contributed by atoms with Crippen LogP contribution in [0.25, 0.3) is 22.0 Å². The highest BCUT2D eigenvalue weighted by Gasteiger charge is 2.12. The van der Waals surface area contributed by atoms with E-state index in [9.17, 15) is 4.79 Å². The highest BCUT2D eigenvalue weighted by molar-refractivity contribution is 7.99. The Hall–Kier alpha value is -2.73. The molecule has 0 atom stereocenters. The Bertz CT molecular complexity index is 1050. The lowest BCUT2D eigenvalue weighted by Gasteiger charge is -2.02. The molecule has 25 heavy (non-hydrogen) atoms. The molecule has 1 amide bonds. The van der Waals surface area contributed by atoms with Crippen LogP contribution in [0.1, 0.15) is 16.2 Å². The molecule has 0 fully saturated rings. The molecule has 5 nitrogen and oxygen atoms in total. The summed E-state index contributed by atoms with van der Waals surface area (Å²) in [5.74, 6) is 0.867. The molecule has 0 spiro atoms. The number of carbonyl (C=O) groups excluding carboxylic acids is 1. The van der Waals surface area contributed by atoms with E-state index in [2.05, 4.69) is 27.4 Å². The maximum atomic E-state index is 12.2. The number of benzene rings is 1. The number of hydrogen-bond donors (Lipinski definition) is 2. The lowest BCUT2D eigenvalue weighted by Crippen LogP contribution is -2.25. The summed E-state index contributed by atoms with van der Waals surface area (Å²) < 4.78 is 5.56. The van der Waals surface area contributed by atoms with E-state index < -0.39 is 0 Å². The van der Waals surface area contributed by atoms with Crippen LogP contribution in [0.2, 0.25) is 0 Å². The Kier molecular flexibility index (Phi) is 4.19. The van der Waals surface area contributed by atoms with Crippen molar-refractivity contribution in [3.8, 4) is 0 Å². The van der Waals surface area contributed by atoms with Crippen LogP contribution in [-0.4, -0.2) is 28.2 Å². The molecule has 0 saturated heterocycles. The van der Waals surface area contributed by atoms with E-state index in [0.717, 1.165) is 17.0 Å². The van der Waals surface area contributed by atoms with Gasteiger partial charge in [-0.2, -0.15) is 0 Å². The van der Waals surface area contributed by atoms with Gasteiger partial charge in [-0.25, -0.2) is 4.98 Å². The highest BCUT2D eigenvalue weighted by Crippen LogP contribution is 2.27. The number of pyridine rings is 1. The zero-order chi connectivity index (χ0) is 17.2. The van der Waals surface area contributed by atoms with Crippen molar-refractivity contribution in [3.63, 3.8) is 0 Å². The van der Waals surface area contributed by atoms with E-state index in [1.54, 1.807) is 17.8 Å². The quantitative estimate of drug-likeness (QED) is 0.419. The summed E-state index contributed by atoms with van der Waals surface area (Å²) >= 11 is 1.71. The fraction of sp³-hybridized carbons (Fsp3) is 0.158. The molecule has 0 bridgehead atoms. The van der Waals surface area contributed by atoms with E-state index in [0.29, 0.717) is 23.4 Å². The van der Waals surface area contributed by atoms with Gasteiger partial charge in [-0.15, -0.1) is 11.8 Å². The Morgan fingerprint density at radius 1 is 1.28 bits per heavy atom. The maximum absolute atomic E-state index is 12.2. The number of amides is 1. The number of aromatic nitrogens is 2. The summed E-state index contributed by atoms with van der Waals surface area (Å²) in [5, 5.41) is 4.10. The molecular weight excluding hydrogens is 334 g/mol. The van der Waals surface area contributed by atoms with Gasteiger partial charge in [0, 0.05) is 46.1 Å². The number of aromatic amines is 1. The Labute approximate surface area is 148 Å². The predicted octanol–water partition coefficient (Wildman–Crippen LogP) is 4.14. The molecule has 0 radical (unpaired) electrons. The van der Waals surface area contributed by atoms with Crippen LogP contribution >= 0.6 is 11.8 Å². The Morgan fingerprint density at radius 3 is 3.08 bits per heavy atom. The molecule has 4 rings (SSSR count). The van der Waals surface area contributed by atoms with Gasteiger partial charge in [0.05, 0.1) is 0 Å². The molecule has 0 aliphatic heterocycles. The molecule has 6 heteroatoms. The number of aryl methyl sites for hydroxylation is 1. The fourth-order valence-corrected chi connectivity index (χ4v) is 3.61. The largest absolute Gasteiger partial charge is 0.449 e. The summed E-state index contributed by atoms with van der Waals surface area (Å²) in [6, 6.07) is 13.6. The fourth-order valence-electron chi connectivity index (χ4n) is 2.71. The Morgan fingerprint density at radius 2 is 2.16 bits per heavy atom. The number of para-hydroxylation sites is 1. The minimum Gasteiger partial charge on any atom is -0.449 e. The van der Waals surface area contributed by atoms with Gasteiger partial charge in [0.15, 0.2) is 11.3 Å². The topological polar surface area (TPSA) is 70.9 Å². The average molecular weight is 351 g/mol. The number of nitrogens with one attached hydrogen (secondary N) is 2. The molecule has 3 heterocycles. The smallest absolute Gasteiger partial charge is 0.287 e. The number of furan rings is 1. The van der Waals surface area contributed by atoms with E-state index in [1.165, 1.54) is 10.3 Å². The summed E-state index contributed by atoms with van der Waals surface area (Å²) in [6.07, 6.45) is 2.00. The molecule has 0 aliphatic carbocycles. The molecule has 126 valence electrons. The van der Waals surface area contributed by atoms with Gasteiger partial charge in [0.25, 0.3) is 5.91 Å². The number of thioether (sulfide) groups is 1. The zero-order valence-electron chi connectivity index (χ0n) is 13.7. The van der Waals surface area contributed by atoms with Crippen LogP contribution in [0, 0.1) is 6.92 Å². The third kappa shape index (κ3) is 3.25. The minimum atomic E-state index is -0.213. The summed E-state index contributed by atoms with van der Waals surface area (Å²) in [7, 11) is 0. The number of carbonyl (C=O) groups is 1.